The van der Waals surface area contributed by atoms with Crippen molar-refractivity contribution in [2.45, 2.75) is 40.2 Å². The number of carbonyl (C=O) groups excluding carboxylic acids is 2. The Kier molecular flexibility index (Phi) is 7.61. The average Bonchev–Trinajstić information content (AvgIpc) is 2.64. The van der Waals surface area contributed by atoms with Crippen LogP contribution in [0.1, 0.15) is 41.8 Å². The van der Waals surface area contributed by atoms with Crippen LogP contribution in [0.2, 0.25) is 0 Å². The molecule has 8 heteroatoms. The van der Waals surface area contributed by atoms with Gasteiger partial charge in [0.2, 0.25) is 15.9 Å². The lowest BCUT2D eigenvalue weighted by molar-refractivity contribution is -0.114. The van der Waals surface area contributed by atoms with Gasteiger partial charge in [0.05, 0.1) is 23.2 Å². The molecule has 0 aromatic heterocycles. The molecule has 0 aliphatic carbocycles. The van der Waals surface area contributed by atoms with Gasteiger partial charge in [0, 0.05) is 6.04 Å². The van der Waals surface area contributed by atoms with Gasteiger partial charge in [0.1, 0.15) is 6.54 Å². The third-order valence-corrected chi connectivity index (χ3v) is 5.76. The minimum atomic E-state index is -3.69. The minimum absolute atomic E-state index is 0.00783. The second-order valence-electron chi connectivity index (χ2n) is 7.49. The highest BCUT2D eigenvalue weighted by Gasteiger charge is 2.22. The summed E-state index contributed by atoms with van der Waals surface area (Å²) >= 11 is 0. The molecule has 0 spiro atoms. The Morgan fingerprint density at radius 3 is 2.23 bits per heavy atom. The second-order valence-corrected chi connectivity index (χ2v) is 9.40. The predicted molar refractivity (Wildman–Crippen MR) is 120 cm³/mol. The fourth-order valence-corrected chi connectivity index (χ4v) is 3.85. The molecule has 2 rings (SSSR count). The number of rotatable bonds is 8. The van der Waals surface area contributed by atoms with E-state index in [0.29, 0.717) is 16.9 Å². The van der Waals surface area contributed by atoms with Crippen molar-refractivity contribution in [3.63, 3.8) is 0 Å². The van der Waals surface area contributed by atoms with Crippen molar-refractivity contribution in [1.82, 2.24) is 5.32 Å². The van der Waals surface area contributed by atoms with Crippen LogP contribution < -0.4 is 14.9 Å². The predicted octanol–water partition coefficient (Wildman–Crippen LogP) is 3.24. The van der Waals surface area contributed by atoms with Crippen LogP contribution in [-0.4, -0.2) is 39.1 Å². The second kappa shape index (κ2) is 9.75. The summed E-state index contributed by atoms with van der Waals surface area (Å²) in [6.45, 7) is 7.19. The summed E-state index contributed by atoms with van der Waals surface area (Å²) in [5.74, 6) is -0.835. The molecule has 0 saturated carbocycles. The van der Waals surface area contributed by atoms with E-state index in [9.17, 15) is 18.0 Å². The van der Waals surface area contributed by atoms with Crippen LogP contribution in [-0.2, 0) is 14.8 Å². The largest absolute Gasteiger partial charge is 0.350 e. The van der Waals surface area contributed by atoms with E-state index in [2.05, 4.69) is 10.6 Å². The van der Waals surface area contributed by atoms with Gasteiger partial charge in [-0.15, -0.1) is 0 Å². The molecule has 0 fully saturated rings. The van der Waals surface area contributed by atoms with E-state index in [-0.39, 0.29) is 11.9 Å². The molecule has 7 nitrogen and oxygen atoms in total. The van der Waals surface area contributed by atoms with E-state index in [1.54, 1.807) is 36.4 Å². The number of benzene rings is 2. The maximum atomic E-state index is 12.7. The van der Waals surface area contributed by atoms with Crippen LogP contribution in [0, 0.1) is 13.8 Å². The Labute approximate surface area is 178 Å². The zero-order valence-electron chi connectivity index (χ0n) is 18.0. The van der Waals surface area contributed by atoms with Gasteiger partial charge in [-0.05, 0) is 62.6 Å². The third-order valence-electron chi connectivity index (χ3n) is 4.62. The van der Waals surface area contributed by atoms with Crippen molar-refractivity contribution >= 4 is 33.2 Å². The van der Waals surface area contributed by atoms with Crippen LogP contribution in [0.25, 0.3) is 0 Å². The van der Waals surface area contributed by atoms with Crippen LogP contribution in [0.15, 0.2) is 42.5 Å². The summed E-state index contributed by atoms with van der Waals surface area (Å²) in [4.78, 5) is 25.2. The van der Waals surface area contributed by atoms with E-state index in [4.69, 9.17) is 0 Å². The van der Waals surface area contributed by atoms with Crippen molar-refractivity contribution in [1.29, 1.82) is 0 Å². The van der Waals surface area contributed by atoms with Gasteiger partial charge >= 0.3 is 0 Å². The first-order chi connectivity index (χ1) is 14.0. The van der Waals surface area contributed by atoms with Crippen molar-refractivity contribution < 1.29 is 18.0 Å². The van der Waals surface area contributed by atoms with Gasteiger partial charge in [-0.1, -0.05) is 25.1 Å². The van der Waals surface area contributed by atoms with E-state index in [1.165, 1.54) is 0 Å². The van der Waals surface area contributed by atoms with Crippen LogP contribution in [0.4, 0.5) is 11.4 Å². The lowest BCUT2D eigenvalue weighted by Gasteiger charge is -2.23. The summed E-state index contributed by atoms with van der Waals surface area (Å²) in [6, 6.07) is 12.0. The zero-order chi connectivity index (χ0) is 22.5. The molecular formula is C22H29N3O4S. The SMILES string of the molecule is CC[C@@H](C)NC(=O)c1ccccc1NC(=O)CN(c1cc(C)cc(C)c1)S(C)(=O)=O. The van der Waals surface area contributed by atoms with Crippen molar-refractivity contribution in [2.75, 3.05) is 22.4 Å². The van der Waals surface area contributed by atoms with Crippen molar-refractivity contribution in [3.8, 4) is 0 Å². The van der Waals surface area contributed by atoms with Gasteiger partial charge < -0.3 is 10.6 Å². The van der Waals surface area contributed by atoms with Gasteiger partial charge in [0.15, 0.2) is 0 Å². The smallest absolute Gasteiger partial charge is 0.253 e. The zero-order valence-corrected chi connectivity index (χ0v) is 18.8. The molecule has 2 N–H and O–H groups in total. The van der Waals surface area contributed by atoms with Gasteiger partial charge in [0.25, 0.3) is 5.91 Å². The number of aryl methyl sites for hydroxylation is 2. The number of nitrogens with zero attached hydrogens (tertiary/aromatic N) is 1. The fourth-order valence-electron chi connectivity index (χ4n) is 3.01. The number of nitrogens with one attached hydrogen (secondary N) is 2. The number of hydrogen-bond donors (Lipinski definition) is 2. The Morgan fingerprint density at radius 2 is 1.67 bits per heavy atom. The molecule has 2 amide bonds. The molecule has 1 atom stereocenters. The Morgan fingerprint density at radius 1 is 1.07 bits per heavy atom. The van der Waals surface area contributed by atoms with Gasteiger partial charge in [-0.25, -0.2) is 8.42 Å². The fraction of sp³-hybridized carbons (Fsp3) is 0.364. The molecule has 0 radical (unpaired) electrons. The van der Waals surface area contributed by atoms with Crippen LogP contribution in [0.5, 0.6) is 0 Å². The quantitative estimate of drug-likeness (QED) is 0.671. The number of hydrogen-bond acceptors (Lipinski definition) is 4. The maximum absolute atomic E-state index is 12.7. The lowest BCUT2D eigenvalue weighted by atomic mass is 10.1. The highest BCUT2D eigenvalue weighted by molar-refractivity contribution is 7.92. The highest BCUT2D eigenvalue weighted by atomic mass is 32.2. The van der Waals surface area contributed by atoms with E-state index >= 15 is 0 Å². The first-order valence-corrected chi connectivity index (χ1v) is 11.6. The first kappa shape index (κ1) is 23.4. The molecule has 0 unspecified atom stereocenters. The normalized spacial score (nSPS) is 12.2. The van der Waals surface area contributed by atoms with Crippen molar-refractivity contribution in [3.05, 3.63) is 59.2 Å². The lowest BCUT2D eigenvalue weighted by Crippen LogP contribution is -2.38. The summed E-state index contributed by atoms with van der Waals surface area (Å²) in [5, 5.41) is 5.54. The molecular weight excluding hydrogens is 402 g/mol. The summed E-state index contributed by atoms with van der Waals surface area (Å²) in [7, 11) is -3.69. The molecule has 0 heterocycles. The Balaban J connectivity index is 2.26. The van der Waals surface area contributed by atoms with Crippen molar-refractivity contribution in [2.24, 2.45) is 0 Å². The number of carbonyl (C=O) groups is 2. The first-order valence-electron chi connectivity index (χ1n) is 9.77. The Hall–Kier alpha value is -2.87. The average molecular weight is 432 g/mol. The molecule has 2 aromatic rings. The molecule has 0 saturated heterocycles. The summed E-state index contributed by atoms with van der Waals surface area (Å²) < 4.78 is 25.8. The summed E-state index contributed by atoms with van der Waals surface area (Å²) in [5.41, 5.74) is 2.87. The molecule has 30 heavy (non-hydrogen) atoms. The molecule has 2 aromatic carbocycles. The van der Waals surface area contributed by atoms with Gasteiger partial charge in [-0.2, -0.15) is 0 Å². The van der Waals surface area contributed by atoms with Gasteiger partial charge in [-0.3, -0.25) is 13.9 Å². The molecule has 0 aliphatic heterocycles. The van der Waals surface area contributed by atoms with E-state index in [1.807, 2.05) is 33.8 Å². The maximum Gasteiger partial charge on any atom is 0.253 e. The topological polar surface area (TPSA) is 95.6 Å². The standard InChI is InChI=1S/C22H29N3O4S/c1-6-17(4)23-22(27)19-9-7-8-10-20(19)24-21(26)14-25(30(5,28)29)18-12-15(2)11-16(3)13-18/h7-13,17H,6,14H2,1-5H3,(H,23,27)(H,24,26)/t17-/m1/s1. The third kappa shape index (κ3) is 6.32. The number of sulfonamides is 1. The number of para-hydroxylation sites is 1. The number of amides is 2. The van der Waals surface area contributed by atoms with E-state index in [0.717, 1.165) is 28.1 Å². The molecule has 0 bridgehead atoms. The number of anilines is 2. The van der Waals surface area contributed by atoms with Crippen LogP contribution >= 0.6 is 0 Å². The monoisotopic (exact) mass is 431 g/mol. The minimum Gasteiger partial charge on any atom is -0.350 e. The molecule has 162 valence electrons. The van der Waals surface area contributed by atoms with E-state index < -0.39 is 22.5 Å². The summed E-state index contributed by atoms with van der Waals surface area (Å²) in [6.07, 6.45) is 1.84. The molecule has 0 aliphatic rings. The van der Waals surface area contributed by atoms with Crippen LogP contribution in [0.3, 0.4) is 0 Å². The highest BCUT2D eigenvalue weighted by Crippen LogP contribution is 2.22. The Bertz CT molecular complexity index is 1010.